The number of anilines is 1. The second-order valence-electron chi connectivity index (χ2n) is 7.64. The summed E-state index contributed by atoms with van der Waals surface area (Å²) in [6.07, 6.45) is 0.454. The molecule has 8 heteroatoms. The van der Waals surface area contributed by atoms with Crippen LogP contribution in [0.3, 0.4) is 0 Å². The lowest BCUT2D eigenvalue weighted by molar-refractivity contribution is 0.0943. The molecular formula is C23H27N5O3. The van der Waals surface area contributed by atoms with Crippen LogP contribution in [0.1, 0.15) is 35.6 Å². The number of para-hydroxylation sites is 1. The second kappa shape index (κ2) is 9.88. The first-order valence-corrected chi connectivity index (χ1v) is 10.1. The van der Waals surface area contributed by atoms with Gasteiger partial charge in [0.05, 0.1) is 0 Å². The van der Waals surface area contributed by atoms with E-state index in [1.807, 2.05) is 45.0 Å². The molecule has 0 fully saturated rings. The van der Waals surface area contributed by atoms with E-state index in [-0.39, 0.29) is 18.0 Å². The fraction of sp³-hybridized carbons (Fsp3) is 0.304. The number of carbonyl (C=O) groups excluding carboxylic acids is 2. The van der Waals surface area contributed by atoms with E-state index >= 15 is 0 Å². The Bertz CT molecular complexity index is 1040. The van der Waals surface area contributed by atoms with E-state index in [1.165, 1.54) is 0 Å². The zero-order valence-corrected chi connectivity index (χ0v) is 18.2. The fourth-order valence-corrected chi connectivity index (χ4v) is 2.88. The molecule has 31 heavy (non-hydrogen) atoms. The molecule has 2 N–H and O–H groups in total. The molecule has 3 amide bonds. The number of aromatic nitrogens is 2. The maximum atomic E-state index is 12.4. The van der Waals surface area contributed by atoms with Crippen molar-refractivity contribution in [3.63, 3.8) is 0 Å². The Morgan fingerprint density at radius 3 is 2.48 bits per heavy atom. The first-order valence-electron chi connectivity index (χ1n) is 10.1. The molecule has 0 radical (unpaired) electrons. The Balaban J connectivity index is 1.55. The van der Waals surface area contributed by atoms with E-state index in [1.54, 1.807) is 36.2 Å². The Hall–Kier alpha value is -3.68. The summed E-state index contributed by atoms with van der Waals surface area (Å²) in [5.74, 6) is 0.754. The van der Waals surface area contributed by atoms with Gasteiger partial charge in [0.2, 0.25) is 0 Å². The van der Waals surface area contributed by atoms with Gasteiger partial charge in [-0.15, -0.1) is 0 Å². The van der Waals surface area contributed by atoms with Crippen molar-refractivity contribution in [3.8, 4) is 11.5 Å². The molecule has 3 rings (SSSR count). The van der Waals surface area contributed by atoms with Gasteiger partial charge in [-0.1, -0.05) is 23.4 Å². The number of carbonyl (C=O) groups is 2. The van der Waals surface area contributed by atoms with E-state index in [4.69, 9.17) is 4.52 Å². The third-order valence-corrected chi connectivity index (χ3v) is 4.69. The maximum absolute atomic E-state index is 12.4. The van der Waals surface area contributed by atoms with Gasteiger partial charge in [-0.05, 0) is 56.7 Å². The molecule has 3 aromatic rings. The quantitative estimate of drug-likeness (QED) is 0.603. The number of likely N-dealkylation sites (N-methyl/N-ethyl adjacent to an activating group) is 1. The second-order valence-corrected chi connectivity index (χ2v) is 7.64. The molecule has 1 aromatic heterocycles. The SMILES string of the molecule is Cc1ccccc1NC(=O)N(C)CCc1noc(-c2ccc(C(=O)NC(C)C)cc2)n1. The normalized spacial score (nSPS) is 10.7. The van der Waals surface area contributed by atoms with Gasteiger partial charge < -0.3 is 20.1 Å². The van der Waals surface area contributed by atoms with E-state index in [2.05, 4.69) is 20.8 Å². The number of rotatable bonds is 7. The van der Waals surface area contributed by atoms with Crippen LogP contribution in [0.15, 0.2) is 53.1 Å². The highest BCUT2D eigenvalue weighted by Gasteiger charge is 2.14. The van der Waals surface area contributed by atoms with Crippen molar-refractivity contribution in [1.29, 1.82) is 0 Å². The van der Waals surface area contributed by atoms with Crippen LogP contribution in [0, 0.1) is 6.92 Å². The Labute approximate surface area is 181 Å². The Kier molecular flexibility index (Phi) is 7.02. The molecule has 0 aliphatic heterocycles. The topological polar surface area (TPSA) is 100 Å². The molecule has 0 aliphatic rings. The highest BCUT2D eigenvalue weighted by atomic mass is 16.5. The third kappa shape index (κ3) is 5.91. The molecular weight excluding hydrogens is 394 g/mol. The van der Waals surface area contributed by atoms with Crippen LogP contribution in [0.5, 0.6) is 0 Å². The van der Waals surface area contributed by atoms with Crippen LogP contribution in [0.2, 0.25) is 0 Å². The van der Waals surface area contributed by atoms with Crippen molar-refractivity contribution < 1.29 is 14.1 Å². The first kappa shape index (κ1) is 22.0. The Morgan fingerprint density at radius 2 is 1.81 bits per heavy atom. The zero-order chi connectivity index (χ0) is 22.4. The minimum absolute atomic E-state index is 0.0719. The molecule has 0 bridgehead atoms. The molecule has 0 atom stereocenters. The van der Waals surface area contributed by atoms with Gasteiger partial charge >= 0.3 is 6.03 Å². The summed E-state index contributed by atoms with van der Waals surface area (Å²) in [6, 6.07) is 14.5. The molecule has 2 aromatic carbocycles. The highest BCUT2D eigenvalue weighted by Crippen LogP contribution is 2.18. The van der Waals surface area contributed by atoms with Crippen molar-refractivity contribution >= 4 is 17.6 Å². The predicted octanol–water partition coefficient (Wildman–Crippen LogP) is 3.89. The van der Waals surface area contributed by atoms with E-state index in [0.29, 0.717) is 30.2 Å². The van der Waals surface area contributed by atoms with Gasteiger partial charge in [-0.25, -0.2) is 4.79 Å². The van der Waals surface area contributed by atoms with Crippen LogP contribution >= 0.6 is 0 Å². The number of nitrogens with one attached hydrogen (secondary N) is 2. The molecule has 0 aliphatic carbocycles. The lowest BCUT2D eigenvalue weighted by Crippen LogP contribution is -2.33. The average molecular weight is 422 g/mol. The summed E-state index contributed by atoms with van der Waals surface area (Å²) in [6.45, 7) is 6.21. The average Bonchev–Trinajstić information content (AvgIpc) is 3.22. The summed E-state index contributed by atoms with van der Waals surface area (Å²) in [7, 11) is 1.72. The summed E-state index contributed by atoms with van der Waals surface area (Å²) in [4.78, 5) is 30.4. The van der Waals surface area contributed by atoms with Crippen molar-refractivity contribution in [2.75, 3.05) is 18.9 Å². The number of urea groups is 1. The molecule has 0 saturated heterocycles. The molecule has 0 saturated carbocycles. The van der Waals surface area contributed by atoms with Gasteiger partial charge in [-0.3, -0.25) is 4.79 Å². The molecule has 8 nitrogen and oxygen atoms in total. The number of hydrogen-bond donors (Lipinski definition) is 2. The molecule has 0 spiro atoms. The lowest BCUT2D eigenvalue weighted by Gasteiger charge is -2.18. The minimum Gasteiger partial charge on any atom is -0.350 e. The van der Waals surface area contributed by atoms with E-state index < -0.39 is 0 Å². The van der Waals surface area contributed by atoms with Gasteiger partial charge in [0.1, 0.15) is 0 Å². The van der Waals surface area contributed by atoms with Crippen LogP contribution < -0.4 is 10.6 Å². The van der Waals surface area contributed by atoms with Crippen LogP contribution in [0.4, 0.5) is 10.5 Å². The molecule has 1 heterocycles. The van der Waals surface area contributed by atoms with Crippen LogP contribution in [-0.4, -0.2) is 46.6 Å². The number of aryl methyl sites for hydroxylation is 1. The Morgan fingerprint density at radius 1 is 1.10 bits per heavy atom. The van der Waals surface area contributed by atoms with Gasteiger partial charge in [0, 0.05) is 42.9 Å². The van der Waals surface area contributed by atoms with E-state index in [9.17, 15) is 9.59 Å². The van der Waals surface area contributed by atoms with E-state index in [0.717, 1.165) is 16.8 Å². The monoisotopic (exact) mass is 421 g/mol. The number of nitrogens with zero attached hydrogens (tertiary/aromatic N) is 3. The van der Waals surface area contributed by atoms with Crippen LogP contribution in [0.25, 0.3) is 11.5 Å². The first-order chi connectivity index (χ1) is 14.8. The van der Waals surface area contributed by atoms with Crippen molar-refractivity contribution in [2.24, 2.45) is 0 Å². The van der Waals surface area contributed by atoms with Gasteiger partial charge in [0.15, 0.2) is 5.82 Å². The predicted molar refractivity (Wildman–Crippen MR) is 119 cm³/mol. The van der Waals surface area contributed by atoms with Gasteiger partial charge in [-0.2, -0.15) is 4.98 Å². The van der Waals surface area contributed by atoms with Crippen molar-refractivity contribution in [2.45, 2.75) is 33.2 Å². The number of benzene rings is 2. The van der Waals surface area contributed by atoms with Gasteiger partial charge in [0.25, 0.3) is 11.8 Å². The molecule has 0 unspecified atom stereocenters. The summed E-state index contributed by atoms with van der Waals surface area (Å²) < 4.78 is 5.34. The highest BCUT2D eigenvalue weighted by molar-refractivity contribution is 5.94. The smallest absolute Gasteiger partial charge is 0.321 e. The fourth-order valence-electron chi connectivity index (χ4n) is 2.88. The standard InChI is InChI=1S/C23H27N5O3/c1-15(2)24-21(29)17-9-11-18(12-10-17)22-26-20(27-31-22)13-14-28(4)23(30)25-19-8-6-5-7-16(19)3/h5-12,15H,13-14H2,1-4H3,(H,24,29)(H,25,30). The largest absolute Gasteiger partial charge is 0.350 e. The molecule has 162 valence electrons. The number of hydrogen-bond acceptors (Lipinski definition) is 5. The summed E-state index contributed by atoms with van der Waals surface area (Å²) >= 11 is 0. The van der Waals surface area contributed by atoms with Crippen molar-refractivity contribution in [1.82, 2.24) is 20.4 Å². The maximum Gasteiger partial charge on any atom is 0.321 e. The van der Waals surface area contributed by atoms with Crippen LogP contribution in [-0.2, 0) is 6.42 Å². The van der Waals surface area contributed by atoms with Crippen molar-refractivity contribution in [3.05, 3.63) is 65.5 Å². The summed E-state index contributed by atoms with van der Waals surface area (Å²) in [5.41, 5.74) is 3.08. The third-order valence-electron chi connectivity index (χ3n) is 4.69. The lowest BCUT2D eigenvalue weighted by atomic mass is 10.1. The summed E-state index contributed by atoms with van der Waals surface area (Å²) in [5, 5.41) is 9.74. The number of amides is 3. The minimum atomic E-state index is -0.201. The zero-order valence-electron chi connectivity index (χ0n) is 18.2.